The van der Waals surface area contributed by atoms with Crippen molar-refractivity contribution in [3.05, 3.63) is 0 Å². The molecule has 5 heteroatoms. The molecule has 5 nitrogen and oxygen atoms in total. The molecule has 0 saturated carbocycles. The normalized spacial score (nSPS) is 52.6. The van der Waals surface area contributed by atoms with Crippen molar-refractivity contribution in [1.29, 1.82) is 0 Å². The predicted octanol–water partition coefficient (Wildman–Crippen LogP) is -2.19. The fourth-order valence-electron chi connectivity index (χ4n) is 1.03. The van der Waals surface area contributed by atoms with E-state index in [0.717, 1.165) is 0 Å². The third-order valence-electron chi connectivity index (χ3n) is 1.83. The SMILES string of the molecule is C[C@H]1OC(O)[C@H](O)[C@H](O)[C@@H]1O. The Hall–Kier alpha value is -0.200. The van der Waals surface area contributed by atoms with Crippen LogP contribution in [0.25, 0.3) is 0 Å². The van der Waals surface area contributed by atoms with Crippen LogP contribution in [-0.2, 0) is 4.74 Å². The van der Waals surface area contributed by atoms with Gasteiger partial charge in [0.25, 0.3) is 0 Å². The molecule has 1 heterocycles. The van der Waals surface area contributed by atoms with Crippen LogP contribution in [-0.4, -0.2) is 51.1 Å². The number of aliphatic hydroxyl groups is 4. The Morgan fingerprint density at radius 3 is 2.00 bits per heavy atom. The van der Waals surface area contributed by atoms with Crippen LogP contribution in [0, 0.1) is 0 Å². The van der Waals surface area contributed by atoms with E-state index in [4.69, 9.17) is 20.4 Å². The molecular formula is C6H12O5. The first-order valence-electron chi connectivity index (χ1n) is 3.41. The molecule has 1 saturated heterocycles. The molecule has 0 spiro atoms. The maximum absolute atomic E-state index is 9.09. The van der Waals surface area contributed by atoms with Gasteiger partial charge in [-0.05, 0) is 6.92 Å². The minimum absolute atomic E-state index is 0.664. The number of ether oxygens (including phenoxy) is 1. The van der Waals surface area contributed by atoms with Crippen molar-refractivity contribution < 1.29 is 25.2 Å². The second kappa shape index (κ2) is 3.04. The molecule has 1 aliphatic rings. The van der Waals surface area contributed by atoms with E-state index < -0.39 is 30.7 Å². The lowest BCUT2D eigenvalue weighted by Crippen LogP contribution is -2.56. The zero-order chi connectivity index (χ0) is 8.59. The fraction of sp³-hybridized carbons (Fsp3) is 1.00. The highest BCUT2D eigenvalue weighted by molar-refractivity contribution is 4.86. The van der Waals surface area contributed by atoms with Gasteiger partial charge < -0.3 is 25.2 Å². The summed E-state index contributed by atoms with van der Waals surface area (Å²) in [5.41, 5.74) is 0. The minimum atomic E-state index is -1.43. The van der Waals surface area contributed by atoms with Gasteiger partial charge in [-0.15, -0.1) is 0 Å². The Bertz CT molecular complexity index is 125. The summed E-state index contributed by atoms with van der Waals surface area (Å²) in [5, 5.41) is 36.0. The molecule has 1 aliphatic heterocycles. The summed E-state index contributed by atoms with van der Waals surface area (Å²) in [6.07, 6.45) is -5.99. The van der Waals surface area contributed by atoms with Gasteiger partial charge in [-0.2, -0.15) is 0 Å². The highest BCUT2D eigenvalue weighted by Crippen LogP contribution is 2.18. The van der Waals surface area contributed by atoms with Crippen LogP contribution < -0.4 is 0 Å². The van der Waals surface area contributed by atoms with E-state index in [1.165, 1.54) is 6.92 Å². The highest BCUT2D eigenvalue weighted by Gasteiger charge is 2.40. The topological polar surface area (TPSA) is 90.2 Å². The van der Waals surface area contributed by atoms with E-state index in [9.17, 15) is 0 Å². The summed E-state index contributed by atoms with van der Waals surface area (Å²) >= 11 is 0. The zero-order valence-corrected chi connectivity index (χ0v) is 6.08. The van der Waals surface area contributed by atoms with E-state index >= 15 is 0 Å². The molecule has 0 aromatic carbocycles. The van der Waals surface area contributed by atoms with Gasteiger partial charge in [0.05, 0.1) is 6.10 Å². The van der Waals surface area contributed by atoms with Gasteiger partial charge in [0.2, 0.25) is 0 Å². The molecule has 4 N–H and O–H groups in total. The second-order valence-corrected chi connectivity index (χ2v) is 2.70. The van der Waals surface area contributed by atoms with Gasteiger partial charge in [0.15, 0.2) is 6.29 Å². The van der Waals surface area contributed by atoms with Crippen molar-refractivity contribution in [2.75, 3.05) is 0 Å². The molecule has 0 radical (unpaired) electrons. The average molecular weight is 164 g/mol. The molecule has 0 aromatic heterocycles. The molecule has 11 heavy (non-hydrogen) atoms. The van der Waals surface area contributed by atoms with Gasteiger partial charge in [0.1, 0.15) is 18.3 Å². The van der Waals surface area contributed by atoms with E-state index in [1.807, 2.05) is 0 Å². The molecule has 66 valence electrons. The fourth-order valence-corrected chi connectivity index (χ4v) is 1.03. The first-order valence-corrected chi connectivity index (χ1v) is 3.41. The number of hydrogen-bond acceptors (Lipinski definition) is 5. The monoisotopic (exact) mass is 164 g/mol. The quantitative estimate of drug-likeness (QED) is 0.326. The molecule has 0 aliphatic carbocycles. The van der Waals surface area contributed by atoms with E-state index in [2.05, 4.69) is 4.74 Å². The summed E-state index contributed by atoms with van der Waals surface area (Å²) in [5.74, 6) is 0. The zero-order valence-electron chi connectivity index (χ0n) is 6.08. The summed E-state index contributed by atoms with van der Waals surface area (Å²) in [6.45, 7) is 1.50. The maximum atomic E-state index is 9.09. The van der Waals surface area contributed by atoms with Crippen molar-refractivity contribution in [3.8, 4) is 0 Å². The largest absolute Gasteiger partial charge is 0.388 e. The molecule has 5 atom stereocenters. The van der Waals surface area contributed by atoms with Crippen molar-refractivity contribution in [3.63, 3.8) is 0 Å². The third-order valence-corrected chi connectivity index (χ3v) is 1.83. The van der Waals surface area contributed by atoms with E-state index in [-0.39, 0.29) is 0 Å². The molecule has 0 aromatic rings. The summed E-state index contributed by atoms with van der Waals surface area (Å²) in [4.78, 5) is 0. The lowest BCUT2D eigenvalue weighted by Gasteiger charge is -2.36. The highest BCUT2D eigenvalue weighted by atomic mass is 16.6. The molecule has 0 amide bonds. The Kier molecular flexibility index (Phi) is 2.46. The Labute approximate surface area is 63.8 Å². The Balaban J connectivity index is 2.63. The van der Waals surface area contributed by atoms with Crippen LogP contribution >= 0.6 is 0 Å². The summed E-state index contributed by atoms with van der Waals surface area (Å²) < 4.78 is 4.68. The van der Waals surface area contributed by atoms with Crippen LogP contribution in [0.4, 0.5) is 0 Å². The van der Waals surface area contributed by atoms with Crippen LogP contribution in [0.2, 0.25) is 0 Å². The number of rotatable bonds is 0. The van der Waals surface area contributed by atoms with Crippen LogP contribution in [0.3, 0.4) is 0 Å². The van der Waals surface area contributed by atoms with Crippen LogP contribution in [0.5, 0.6) is 0 Å². The van der Waals surface area contributed by atoms with Gasteiger partial charge in [-0.25, -0.2) is 0 Å². The van der Waals surface area contributed by atoms with Crippen molar-refractivity contribution in [2.24, 2.45) is 0 Å². The van der Waals surface area contributed by atoms with Gasteiger partial charge in [-0.3, -0.25) is 0 Å². The maximum Gasteiger partial charge on any atom is 0.183 e. The molecule has 1 rings (SSSR count). The molecule has 1 unspecified atom stereocenters. The third kappa shape index (κ3) is 1.52. The number of aliphatic hydroxyl groups excluding tert-OH is 4. The summed E-state index contributed by atoms with van der Waals surface area (Å²) in [6, 6.07) is 0. The van der Waals surface area contributed by atoms with Gasteiger partial charge in [0, 0.05) is 0 Å². The van der Waals surface area contributed by atoms with E-state index in [0.29, 0.717) is 0 Å². The number of hydrogen-bond donors (Lipinski definition) is 4. The Morgan fingerprint density at radius 2 is 1.45 bits per heavy atom. The molecule has 1 fully saturated rings. The molecule has 0 bridgehead atoms. The van der Waals surface area contributed by atoms with Crippen molar-refractivity contribution in [2.45, 2.75) is 37.6 Å². The lowest BCUT2D eigenvalue weighted by molar-refractivity contribution is -0.277. The smallest absolute Gasteiger partial charge is 0.183 e. The Morgan fingerprint density at radius 1 is 0.909 bits per heavy atom. The van der Waals surface area contributed by atoms with Crippen LogP contribution in [0.1, 0.15) is 6.92 Å². The first kappa shape index (κ1) is 8.89. The lowest BCUT2D eigenvalue weighted by atomic mass is 10.0. The van der Waals surface area contributed by atoms with Crippen molar-refractivity contribution >= 4 is 0 Å². The molecular weight excluding hydrogens is 152 g/mol. The predicted molar refractivity (Wildman–Crippen MR) is 34.6 cm³/mol. The summed E-state index contributed by atoms with van der Waals surface area (Å²) in [7, 11) is 0. The van der Waals surface area contributed by atoms with Crippen molar-refractivity contribution in [1.82, 2.24) is 0 Å². The van der Waals surface area contributed by atoms with Crippen LogP contribution in [0.15, 0.2) is 0 Å². The van der Waals surface area contributed by atoms with Gasteiger partial charge >= 0.3 is 0 Å². The minimum Gasteiger partial charge on any atom is -0.388 e. The van der Waals surface area contributed by atoms with Gasteiger partial charge in [-0.1, -0.05) is 0 Å². The average Bonchev–Trinajstić information content (AvgIpc) is 1.97. The second-order valence-electron chi connectivity index (χ2n) is 2.70. The van der Waals surface area contributed by atoms with E-state index in [1.54, 1.807) is 0 Å². The first-order chi connectivity index (χ1) is 5.04. The standard InChI is InChI=1S/C6H12O5/c1-2-3(7)4(8)5(9)6(10)11-2/h2-10H,1H3/t2-,3-,4-,5-,6?/m1/s1.